The van der Waals surface area contributed by atoms with Crippen LogP contribution in [0.15, 0.2) is 54.6 Å². The van der Waals surface area contributed by atoms with Crippen molar-refractivity contribution < 1.29 is 14.3 Å². The number of carbonyl (C=O) groups excluding carboxylic acids is 1. The van der Waals surface area contributed by atoms with E-state index in [0.717, 1.165) is 16.9 Å². The molecule has 0 radical (unpaired) electrons. The third-order valence-electron chi connectivity index (χ3n) is 5.01. The van der Waals surface area contributed by atoms with Crippen molar-refractivity contribution in [2.75, 3.05) is 13.7 Å². The first-order valence-electron chi connectivity index (χ1n) is 8.54. The van der Waals surface area contributed by atoms with Crippen molar-refractivity contribution in [3.8, 4) is 5.75 Å². The normalized spacial score (nSPS) is 28.2. The van der Waals surface area contributed by atoms with Crippen molar-refractivity contribution >= 4 is 5.91 Å². The Balaban J connectivity index is 1.61. The lowest BCUT2D eigenvalue weighted by Gasteiger charge is -2.39. The van der Waals surface area contributed by atoms with Gasteiger partial charge in [-0.25, -0.2) is 0 Å². The molecule has 0 unspecified atom stereocenters. The van der Waals surface area contributed by atoms with E-state index in [1.165, 1.54) is 0 Å². The van der Waals surface area contributed by atoms with Gasteiger partial charge in [-0.1, -0.05) is 42.5 Å². The van der Waals surface area contributed by atoms with Gasteiger partial charge in [0.05, 0.1) is 19.8 Å². The molecule has 0 spiro atoms. The summed E-state index contributed by atoms with van der Waals surface area (Å²) in [6, 6.07) is 17.6. The fraction of sp³-hybridized carbons (Fsp3) is 0.350. The van der Waals surface area contributed by atoms with Crippen LogP contribution in [0.25, 0.3) is 0 Å². The zero-order chi connectivity index (χ0) is 17.4. The quantitative estimate of drug-likeness (QED) is 0.929. The number of nitrogens with zero attached hydrogens (tertiary/aromatic N) is 1. The van der Waals surface area contributed by atoms with Gasteiger partial charge in [-0.2, -0.15) is 0 Å². The van der Waals surface area contributed by atoms with Crippen LogP contribution in [0.1, 0.15) is 18.1 Å². The summed E-state index contributed by atoms with van der Waals surface area (Å²) in [7, 11) is 1.65. The number of hydrogen-bond donors (Lipinski definition) is 1. The SMILES string of the molecule is COc1ccc(CN2C[C@]3(c4ccccc4)N[C@H](C2=O)[C@@H](C)O3)cc1. The van der Waals surface area contributed by atoms with Crippen molar-refractivity contribution in [2.45, 2.75) is 31.3 Å². The lowest BCUT2D eigenvalue weighted by Crippen LogP contribution is -2.61. The molecular formula is C20H22N2O3. The summed E-state index contributed by atoms with van der Waals surface area (Å²) >= 11 is 0. The summed E-state index contributed by atoms with van der Waals surface area (Å²) in [5.41, 5.74) is 1.49. The van der Waals surface area contributed by atoms with Gasteiger partial charge in [0.25, 0.3) is 0 Å². The van der Waals surface area contributed by atoms with Crippen LogP contribution in [0.4, 0.5) is 0 Å². The van der Waals surface area contributed by atoms with Crippen LogP contribution in [0.3, 0.4) is 0 Å². The molecule has 5 nitrogen and oxygen atoms in total. The number of benzene rings is 2. The molecule has 2 fully saturated rings. The van der Waals surface area contributed by atoms with Gasteiger partial charge in [0.2, 0.25) is 5.91 Å². The largest absolute Gasteiger partial charge is 0.497 e. The predicted octanol–water partition coefficient (Wildman–Crippen LogP) is 2.27. The molecule has 2 aromatic carbocycles. The second kappa shape index (κ2) is 6.17. The molecule has 2 bridgehead atoms. The monoisotopic (exact) mass is 338 g/mol. The molecule has 2 aromatic rings. The fourth-order valence-corrected chi connectivity index (χ4v) is 3.71. The van der Waals surface area contributed by atoms with Crippen molar-refractivity contribution in [2.24, 2.45) is 0 Å². The standard InChI is InChI=1S/C20H22N2O3/c1-14-18-19(23)22(12-15-8-10-17(24-2)11-9-15)13-20(21-18,25-14)16-6-4-3-5-7-16/h3-11,14,18,21H,12-13H2,1-2H3/t14-,18+,20+/m1/s1. The summed E-state index contributed by atoms with van der Waals surface area (Å²) in [4.78, 5) is 14.7. The van der Waals surface area contributed by atoms with E-state index in [1.807, 2.05) is 66.4 Å². The van der Waals surface area contributed by atoms with E-state index in [1.54, 1.807) is 7.11 Å². The number of rotatable bonds is 4. The topological polar surface area (TPSA) is 50.8 Å². The van der Waals surface area contributed by atoms with Crippen LogP contribution in [0.5, 0.6) is 5.75 Å². The molecule has 2 heterocycles. The van der Waals surface area contributed by atoms with E-state index < -0.39 is 5.72 Å². The second-order valence-corrected chi connectivity index (χ2v) is 6.68. The van der Waals surface area contributed by atoms with Gasteiger partial charge in [-0.3, -0.25) is 10.1 Å². The van der Waals surface area contributed by atoms with Crippen LogP contribution < -0.4 is 10.1 Å². The lowest BCUT2D eigenvalue weighted by molar-refractivity contribution is -0.140. The number of fused-ring (bicyclic) bond motifs is 2. The van der Waals surface area contributed by atoms with Crippen LogP contribution in [0.2, 0.25) is 0 Å². The van der Waals surface area contributed by atoms with Gasteiger partial charge < -0.3 is 14.4 Å². The maximum absolute atomic E-state index is 12.9. The Labute approximate surface area is 147 Å². The van der Waals surface area contributed by atoms with Gasteiger partial charge in [-0.15, -0.1) is 0 Å². The Hall–Kier alpha value is -2.37. The molecule has 3 atom stereocenters. The molecule has 2 aliphatic rings. The van der Waals surface area contributed by atoms with Crippen molar-refractivity contribution in [3.05, 3.63) is 65.7 Å². The first-order chi connectivity index (χ1) is 12.1. The summed E-state index contributed by atoms with van der Waals surface area (Å²) < 4.78 is 11.4. The van der Waals surface area contributed by atoms with Crippen molar-refractivity contribution in [3.63, 3.8) is 0 Å². The number of amides is 1. The minimum atomic E-state index is -0.633. The minimum absolute atomic E-state index is 0.0902. The van der Waals surface area contributed by atoms with Crippen molar-refractivity contribution in [1.82, 2.24) is 10.2 Å². The average molecular weight is 338 g/mol. The molecule has 0 aliphatic carbocycles. The third-order valence-corrected chi connectivity index (χ3v) is 5.01. The highest BCUT2D eigenvalue weighted by atomic mass is 16.5. The Kier molecular flexibility index (Phi) is 3.98. The highest BCUT2D eigenvalue weighted by molar-refractivity contribution is 5.84. The molecule has 0 aromatic heterocycles. The Morgan fingerprint density at radius 3 is 2.60 bits per heavy atom. The van der Waals surface area contributed by atoms with Gasteiger partial charge >= 0.3 is 0 Å². The molecule has 130 valence electrons. The summed E-state index contributed by atoms with van der Waals surface area (Å²) in [6.07, 6.45) is -0.159. The second-order valence-electron chi connectivity index (χ2n) is 6.68. The van der Waals surface area contributed by atoms with E-state index in [4.69, 9.17) is 9.47 Å². The van der Waals surface area contributed by atoms with E-state index in [0.29, 0.717) is 13.1 Å². The molecule has 4 rings (SSSR count). The summed E-state index contributed by atoms with van der Waals surface area (Å²) in [5.74, 6) is 0.903. The van der Waals surface area contributed by atoms with E-state index in [-0.39, 0.29) is 18.1 Å². The van der Waals surface area contributed by atoms with E-state index in [9.17, 15) is 4.79 Å². The lowest BCUT2D eigenvalue weighted by atomic mass is 9.98. The molecule has 5 heteroatoms. The smallest absolute Gasteiger partial charge is 0.242 e. The highest BCUT2D eigenvalue weighted by Gasteiger charge is 2.54. The fourth-order valence-electron chi connectivity index (χ4n) is 3.71. The first-order valence-corrected chi connectivity index (χ1v) is 8.54. The molecular weight excluding hydrogens is 316 g/mol. The minimum Gasteiger partial charge on any atom is -0.497 e. The number of hydrogen-bond acceptors (Lipinski definition) is 4. The highest BCUT2D eigenvalue weighted by Crippen LogP contribution is 2.37. The predicted molar refractivity (Wildman–Crippen MR) is 94.0 cm³/mol. The zero-order valence-electron chi connectivity index (χ0n) is 14.4. The van der Waals surface area contributed by atoms with Crippen LogP contribution in [-0.2, 0) is 21.8 Å². The molecule has 25 heavy (non-hydrogen) atoms. The average Bonchev–Trinajstić information content (AvgIpc) is 2.95. The first kappa shape index (κ1) is 16.1. The number of methoxy groups -OCH3 is 1. The van der Waals surface area contributed by atoms with E-state index in [2.05, 4.69) is 5.32 Å². The molecule has 1 N–H and O–H groups in total. The summed E-state index contributed by atoms with van der Waals surface area (Å²) in [5, 5.41) is 3.42. The maximum atomic E-state index is 12.9. The number of piperazine rings is 1. The molecule has 1 amide bonds. The van der Waals surface area contributed by atoms with Gasteiger partial charge in [-0.05, 0) is 24.6 Å². The maximum Gasteiger partial charge on any atom is 0.242 e. The Morgan fingerprint density at radius 1 is 1.20 bits per heavy atom. The van der Waals surface area contributed by atoms with Crippen molar-refractivity contribution in [1.29, 1.82) is 0 Å². The van der Waals surface area contributed by atoms with E-state index >= 15 is 0 Å². The Bertz CT molecular complexity index is 762. The molecule has 2 saturated heterocycles. The van der Waals surface area contributed by atoms with Gasteiger partial charge in [0.1, 0.15) is 11.8 Å². The van der Waals surface area contributed by atoms with Crippen LogP contribution in [-0.4, -0.2) is 36.6 Å². The number of ether oxygens (including phenoxy) is 2. The van der Waals surface area contributed by atoms with Crippen LogP contribution in [0, 0.1) is 0 Å². The van der Waals surface area contributed by atoms with Gasteiger partial charge in [0, 0.05) is 12.1 Å². The van der Waals surface area contributed by atoms with Crippen LogP contribution >= 0.6 is 0 Å². The molecule has 2 aliphatic heterocycles. The molecule has 0 saturated carbocycles. The van der Waals surface area contributed by atoms with Gasteiger partial charge in [0.15, 0.2) is 5.72 Å². The zero-order valence-corrected chi connectivity index (χ0v) is 14.4. The summed E-state index contributed by atoms with van der Waals surface area (Å²) in [6.45, 7) is 3.01. The Morgan fingerprint density at radius 2 is 1.92 bits per heavy atom. The number of carbonyl (C=O) groups is 1. The third kappa shape index (κ3) is 2.79. The number of nitrogens with one attached hydrogen (secondary N) is 1.